The van der Waals surface area contributed by atoms with E-state index in [9.17, 15) is 24.3 Å². The summed E-state index contributed by atoms with van der Waals surface area (Å²) in [6, 6.07) is 12.9. The van der Waals surface area contributed by atoms with Crippen LogP contribution in [-0.2, 0) is 23.9 Å². The van der Waals surface area contributed by atoms with Crippen molar-refractivity contribution in [2.45, 2.75) is 142 Å². The number of ether oxygens (including phenoxy) is 1. The molecule has 0 radical (unpaired) electrons. The monoisotopic (exact) mass is 1040 g/mol. The summed E-state index contributed by atoms with van der Waals surface area (Å²) in [6.45, 7) is 17.1. The number of nitrogens with zero attached hydrogens (tertiary/aromatic N) is 7. The molecular weight excluding hydrogens is 972 g/mol. The van der Waals surface area contributed by atoms with Crippen LogP contribution in [0.2, 0.25) is 5.02 Å². The molecule has 382 valence electrons. The quantitative estimate of drug-likeness (QED) is 0.0890. The number of aryl methyl sites for hydroxylation is 3. The molecule has 1 aliphatic carbocycles. The van der Waals surface area contributed by atoms with E-state index in [2.05, 4.69) is 49.9 Å². The predicted octanol–water partition coefficient (Wildman–Crippen LogP) is 7.12. The van der Waals surface area contributed by atoms with Gasteiger partial charge in [-0.15, -0.1) is 32.9 Å². The number of likely N-dealkylation sites (tertiary alicyclic amines) is 2. The van der Waals surface area contributed by atoms with E-state index >= 15 is 0 Å². The van der Waals surface area contributed by atoms with Crippen LogP contribution in [0.3, 0.4) is 0 Å². The summed E-state index contributed by atoms with van der Waals surface area (Å²) in [5, 5.41) is 30.6. The Hall–Kier alpha value is -5.37. The Morgan fingerprint density at radius 1 is 0.903 bits per heavy atom. The number of benzene rings is 2. The van der Waals surface area contributed by atoms with Gasteiger partial charge in [-0.1, -0.05) is 68.8 Å². The Morgan fingerprint density at radius 2 is 1.60 bits per heavy atom. The molecule has 0 bridgehead atoms. The van der Waals surface area contributed by atoms with Gasteiger partial charge in [0.15, 0.2) is 5.82 Å². The number of rotatable bonds is 14. The number of halogens is 1. The van der Waals surface area contributed by atoms with Crippen molar-refractivity contribution in [2.24, 2.45) is 10.4 Å². The topological polar surface area (TPSA) is 196 Å². The molecule has 4 N–H and O–H groups in total. The molecule has 1 unspecified atom stereocenters. The number of piperidine rings is 1. The molecule has 16 nitrogen and oxygen atoms in total. The van der Waals surface area contributed by atoms with E-state index in [-0.39, 0.29) is 67.9 Å². The number of nitrogens with one attached hydrogen (secondary N) is 3. The van der Waals surface area contributed by atoms with E-state index in [0.29, 0.717) is 36.8 Å². The highest BCUT2D eigenvalue weighted by molar-refractivity contribution is 7.15. The van der Waals surface area contributed by atoms with Crippen molar-refractivity contribution in [1.82, 2.24) is 45.5 Å². The van der Waals surface area contributed by atoms with Crippen molar-refractivity contribution < 1.29 is 29.0 Å². The Bertz CT molecular complexity index is 2840. The molecule has 3 fully saturated rings. The third-order valence-corrected chi connectivity index (χ3v) is 17.0. The Morgan fingerprint density at radius 3 is 2.26 bits per heavy atom. The van der Waals surface area contributed by atoms with E-state index in [1.807, 2.05) is 100 Å². The number of aliphatic hydroxyl groups is 1. The van der Waals surface area contributed by atoms with Crippen LogP contribution >= 0.6 is 34.3 Å². The van der Waals surface area contributed by atoms with Crippen LogP contribution < -0.4 is 16.0 Å². The van der Waals surface area contributed by atoms with Gasteiger partial charge in [0, 0.05) is 53.1 Å². The standard InChI is InChI=1S/C53H65ClN10O6S2/c1-28-31(4)72-52-45(28)46(34-13-15-36(54)16-14-34)58-41(49-61-60-32(5)64(49)52)24-43(66)57-37-21-40(22-37)70-39-17-19-62(20-18-39)26-44(67)59-48(53(6,7)8)51(69)63-25-38(65)23-42(63)50(68)56-29(2)33-9-11-35(12-10-33)47-30(3)55-27-71-47/h9-16,27,29,37-42,48,65H,17-26H2,1-8H3,(H,56,68)(H,57,66)(H,59,67)/t29-,37?,38-,40?,41-,42?,48+/m0/s1. The van der Waals surface area contributed by atoms with Gasteiger partial charge < -0.3 is 30.7 Å². The fraction of sp³-hybridized carbons (Fsp3) is 0.509. The normalized spacial score (nSPS) is 22.2. The van der Waals surface area contributed by atoms with Gasteiger partial charge in [-0.05, 0) is 94.5 Å². The second-order valence-electron chi connectivity index (χ2n) is 21.0. The van der Waals surface area contributed by atoms with Crippen LogP contribution in [0.15, 0.2) is 59.0 Å². The minimum Gasteiger partial charge on any atom is -0.391 e. The molecule has 0 spiro atoms. The van der Waals surface area contributed by atoms with E-state index in [0.717, 1.165) is 67.8 Å². The molecule has 9 rings (SSSR count). The summed E-state index contributed by atoms with van der Waals surface area (Å²) in [4.78, 5) is 70.8. The number of hydrogen-bond acceptors (Lipinski definition) is 13. The van der Waals surface area contributed by atoms with E-state index in [1.165, 1.54) is 9.78 Å². The van der Waals surface area contributed by atoms with Crippen molar-refractivity contribution >= 4 is 63.6 Å². The molecule has 19 heteroatoms. The first-order chi connectivity index (χ1) is 34.3. The average Bonchev–Trinajstić information content (AvgIpc) is 4.10. The van der Waals surface area contributed by atoms with Gasteiger partial charge in [0.25, 0.3) is 0 Å². The smallest absolute Gasteiger partial charge is 0.246 e. The highest BCUT2D eigenvalue weighted by Crippen LogP contribution is 2.40. The third-order valence-electron chi connectivity index (χ3n) is 14.5. The van der Waals surface area contributed by atoms with Crippen molar-refractivity contribution in [3.63, 3.8) is 0 Å². The maximum Gasteiger partial charge on any atom is 0.246 e. The van der Waals surface area contributed by atoms with Crippen molar-refractivity contribution in [1.29, 1.82) is 0 Å². The fourth-order valence-electron chi connectivity index (χ4n) is 10.3. The molecule has 6 heterocycles. The van der Waals surface area contributed by atoms with Crippen LogP contribution in [0.25, 0.3) is 15.4 Å². The molecule has 2 aromatic carbocycles. The maximum atomic E-state index is 14.3. The molecule has 3 aromatic heterocycles. The lowest BCUT2D eigenvalue weighted by molar-refractivity contribution is -0.144. The summed E-state index contributed by atoms with van der Waals surface area (Å²) in [5.74, 6) is 0.248. The van der Waals surface area contributed by atoms with Gasteiger partial charge in [-0.25, -0.2) is 4.98 Å². The lowest BCUT2D eigenvalue weighted by Crippen LogP contribution is -2.59. The number of amides is 4. The summed E-state index contributed by atoms with van der Waals surface area (Å²) >= 11 is 9.53. The number of carbonyl (C=O) groups excluding carboxylic acids is 4. The van der Waals surface area contributed by atoms with Gasteiger partial charge in [0.05, 0.1) is 59.1 Å². The number of hydrogen-bond donors (Lipinski definition) is 4. The van der Waals surface area contributed by atoms with Crippen LogP contribution in [0, 0.1) is 33.1 Å². The minimum atomic E-state index is -0.919. The summed E-state index contributed by atoms with van der Waals surface area (Å²) in [6.07, 6.45) is 2.34. The molecule has 4 aliphatic rings. The highest BCUT2D eigenvalue weighted by Gasteiger charge is 2.45. The SMILES string of the molecule is Cc1ncsc1-c1ccc([C@H](C)NC(=O)C2C[C@H](O)CN2C(=O)[C@@H](NC(=O)CN2CCC(OC3CC(NC(=O)C[C@@H]4N=C(c5ccc(Cl)cc5)c5c(sc(C)c5C)-n5c(C)nnc54)C3)CC2)C(C)(C)C)cc1. The van der Waals surface area contributed by atoms with E-state index in [4.69, 9.17) is 21.3 Å². The fourth-order valence-corrected chi connectivity index (χ4v) is 12.4. The van der Waals surface area contributed by atoms with Gasteiger partial charge >= 0.3 is 0 Å². The van der Waals surface area contributed by atoms with Crippen molar-refractivity contribution in [3.05, 3.63) is 104 Å². The molecule has 2 saturated heterocycles. The molecule has 4 amide bonds. The highest BCUT2D eigenvalue weighted by atomic mass is 35.5. The minimum absolute atomic E-state index is 0.00137. The number of β-amino-alcohol motifs (C(OH)–C–C–N with tert-alkyl or cyclic N) is 1. The Balaban J connectivity index is 0.736. The molecule has 1 saturated carbocycles. The second kappa shape index (κ2) is 21.2. The number of fused-ring (bicyclic) bond motifs is 3. The van der Waals surface area contributed by atoms with Crippen LogP contribution in [0.1, 0.15) is 123 Å². The second-order valence-corrected chi connectivity index (χ2v) is 23.5. The largest absolute Gasteiger partial charge is 0.391 e. The average molecular weight is 1040 g/mol. The summed E-state index contributed by atoms with van der Waals surface area (Å²) in [5.41, 5.74) is 7.96. The summed E-state index contributed by atoms with van der Waals surface area (Å²) in [7, 11) is 0. The maximum absolute atomic E-state index is 14.3. The van der Waals surface area contributed by atoms with Crippen LogP contribution in [-0.4, -0.2) is 127 Å². The van der Waals surface area contributed by atoms with Gasteiger partial charge in [-0.2, -0.15) is 0 Å². The molecule has 72 heavy (non-hydrogen) atoms. The molecule has 5 aromatic rings. The Labute approximate surface area is 434 Å². The number of carbonyl (C=O) groups is 4. The van der Waals surface area contributed by atoms with Crippen LogP contribution in [0.5, 0.6) is 0 Å². The van der Waals surface area contributed by atoms with Gasteiger partial charge in [-0.3, -0.25) is 33.6 Å². The zero-order valence-electron chi connectivity index (χ0n) is 42.2. The summed E-state index contributed by atoms with van der Waals surface area (Å²) < 4.78 is 8.55. The van der Waals surface area contributed by atoms with Crippen LogP contribution in [0.4, 0.5) is 0 Å². The van der Waals surface area contributed by atoms with Gasteiger partial charge in [0.2, 0.25) is 23.6 Å². The van der Waals surface area contributed by atoms with E-state index < -0.39 is 35.6 Å². The lowest BCUT2D eigenvalue weighted by atomic mass is 9.85. The van der Waals surface area contributed by atoms with E-state index in [1.54, 1.807) is 22.7 Å². The number of aromatic nitrogens is 4. The third kappa shape index (κ3) is 11.1. The first-order valence-corrected chi connectivity index (χ1v) is 27.0. The molecule has 3 aliphatic heterocycles. The zero-order valence-corrected chi connectivity index (χ0v) is 44.6. The number of aliphatic imine (C=N–C) groups is 1. The number of thiazole rings is 1. The Kier molecular flexibility index (Phi) is 15.2. The predicted molar refractivity (Wildman–Crippen MR) is 280 cm³/mol. The number of thiophene rings is 1. The first-order valence-electron chi connectivity index (χ1n) is 24.9. The zero-order chi connectivity index (χ0) is 51.2. The lowest BCUT2D eigenvalue weighted by Gasteiger charge is -2.40. The first kappa shape index (κ1) is 51.5. The van der Waals surface area contributed by atoms with Crippen molar-refractivity contribution in [2.75, 3.05) is 26.2 Å². The molecule has 5 atom stereocenters. The van der Waals surface area contributed by atoms with Crippen molar-refractivity contribution in [3.8, 4) is 15.4 Å². The number of aliphatic hydroxyl groups excluding tert-OH is 1. The molecular formula is C53H65ClN10O6S2. The van der Waals surface area contributed by atoms with Gasteiger partial charge in [0.1, 0.15) is 29.0 Å².